The van der Waals surface area contributed by atoms with Crippen molar-refractivity contribution in [2.45, 2.75) is 72.4 Å². The van der Waals surface area contributed by atoms with Crippen molar-refractivity contribution in [1.82, 2.24) is 10.2 Å². The van der Waals surface area contributed by atoms with E-state index < -0.39 is 0 Å². The second-order valence-electron chi connectivity index (χ2n) is 8.15. The van der Waals surface area contributed by atoms with Gasteiger partial charge in [-0.25, -0.2) is 0 Å². The molecule has 0 amide bonds. The first kappa shape index (κ1) is 17.0. The van der Waals surface area contributed by atoms with E-state index in [1.807, 2.05) is 0 Å². The van der Waals surface area contributed by atoms with Crippen LogP contribution >= 0.6 is 0 Å². The molecule has 0 aromatic heterocycles. The maximum atomic E-state index is 3.85. The lowest BCUT2D eigenvalue weighted by Gasteiger charge is -2.40. The molecular weight excluding hydrogens is 232 g/mol. The Bertz CT molecular complexity index is 258. The molecule has 0 radical (unpaired) electrons. The summed E-state index contributed by atoms with van der Waals surface area (Å²) in [6.45, 7) is 13.0. The predicted octanol–water partition coefficient (Wildman–Crippen LogP) is 3.77. The van der Waals surface area contributed by atoms with Crippen molar-refractivity contribution in [2.75, 3.05) is 20.6 Å². The van der Waals surface area contributed by atoms with E-state index in [4.69, 9.17) is 0 Å². The van der Waals surface area contributed by atoms with Crippen LogP contribution < -0.4 is 5.32 Å². The Labute approximate surface area is 121 Å². The molecule has 2 heteroatoms. The summed E-state index contributed by atoms with van der Waals surface area (Å²) < 4.78 is 0. The van der Waals surface area contributed by atoms with Crippen LogP contribution in [0.4, 0.5) is 0 Å². The van der Waals surface area contributed by atoms with Crippen molar-refractivity contribution in [3.05, 3.63) is 0 Å². The van der Waals surface area contributed by atoms with Crippen LogP contribution in [-0.2, 0) is 0 Å². The zero-order valence-electron chi connectivity index (χ0n) is 14.3. The number of likely N-dealkylation sites (N-methyl/N-ethyl adjacent to an activating group) is 1. The average Bonchev–Trinajstić information content (AvgIpc) is 2.24. The number of rotatable bonds is 6. The molecule has 3 atom stereocenters. The number of hydrogen-bond donors (Lipinski definition) is 1. The molecular formula is C17H36N2. The van der Waals surface area contributed by atoms with Crippen LogP contribution in [0.1, 0.15) is 60.3 Å². The molecule has 0 aromatic carbocycles. The third-order valence-electron chi connectivity index (χ3n) is 4.78. The molecule has 3 unspecified atom stereocenters. The average molecular weight is 268 g/mol. The second-order valence-corrected chi connectivity index (χ2v) is 8.15. The van der Waals surface area contributed by atoms with Crippen LogP contribution in [0.5, 0.6) is 0 Å². The molecule has 2 nitrogen and oxygen atoms in total. The molecule has 114 valence electrons. The van der Waals surface area contributed by atoms with E-state index in [9.17, 15) is 0 Å². The van der Waals surface area contributed by atoms with Gasteiger partial charge in [-0.05, 0) is 57.0 Å². The minimum Gasteiger partial charge on any atom is -0.312 e. The fraction of sp³-hybridized carbons (Fsp3) is 1.00. The molecule has 0 aromatic rings. The molecule has 1 rings (SSSR count). The minimum absolute atomic E-state index is 0.552. The van der Waals surface area contributed by atoms with Gasteiger partial charge in [-0.3, -0.25) is 0 Å². The molecule has 0 bridgehead atoms. The van der Waals surface area contributed by atoms with Gasteiger partial charge in [0.2, 0.25) is 0 Å². The highest BCUT2D eigenvalue weighted by Crippen LogP contribution is 2.38. The van der Waals surface area contributed by atoms with E-state index in [1.165, 1.54) is 25.7 Å². The summed E-state index contributed by atoms with van der Waals surface area (Å²) in [4.78, 5) is 2.38. The first-order valence-corrected chi connectivity index (χ1v) is 8.11. The van der Waals surface area contributed by atoms with Crippen molar-refractivity contribution >= 4 is 0 Å². The van der Waals surface area contributed by atoms with Crippen LogP contribution in [0.2, 0.25) is 0 Å². The van der Waals surface area contributed by atoms with Crippen LogP contribution in [0.15, 0.2) is 0 Å². The Morgan fingerprint density at radius 3 is 2.37 bits per heavy atom. The maximum absolute atomic E-state index is 3.85. The second kappa shape index (κ2) is 7.08. The van der Waals surface area contributed by atoms with Crippen LogP contribution in [0.3, 0.4) is 0 Å². The third-order valence-corrected chi connectivity index (χ3v) is 4.78. The standard InChI is InChI=1S/C17H36N2/c1-13(2)10-15(19(6)7)12-18-16-8-9-17(4,5)11-14(16)3/h13-16,18H,8-12H2,1-7H3. The smallest absolute Gasteiger partial charge is 0.0217 e. The molecule has 1 aliphatic rings. The number of nitrogens with one attached hydrogen (secondary N) is 1. The van der Waals surface area contributed by atoms with Crippen molar-refractivity contribution in [1.29, 1.82) is 0 Å². The van der Waals surface area contributed by atoms with Gasteiger partial charge in [-0.1, -0.05) is 34.6 Å². The van der Waals surface area contributed by atoms with E-state index in [0.717, 1.165) is 24.4 Å². The largest absolute Gasteiger partial charge is 0.312 e. The first-order chi connectivity index (χ1) is 8.71. The summed E-state index contributed by atoms with van der Waals surface area (Å²) in [5, 5.41) is 3.85. The molecule has 0 saturated heterocycles. The number of nitrogens with zero attached hydrogens (tertiary/aromatic N) is 1. The van der Waals surface area contributed by atoms with Crippen LogP contribution in [0, 0.1) is 17.3 Å². The summed E-state index contributed by atoms with van der Waals surface area (Å²) in [6, 6.07) is 1.39. The maximum Gasteiger partial charge on any atom is 0.0217 e. The molecule has 1 fully saturated rings. The van der Waals surface area contributed by atoms with Gasteiger partial charge in [0.05, 0.1) is 0 Å². The lowest BCUT2D eigenvalue weighted by atomic mass is 9.70. The molecule has 0 aliphatic heterocycles. The zero-order chi connectivity index (χ0) is 14.6. The van der Waals surface area contributed by atoms with Gasteiger partial charge >= 0.3 is 0 Å². The quantitative estimate of drug-likeness (QED) is 0.789. The SMILES string of the molecule is CC(C)CC(CNC1CCC(C)(C)CC1C)N(C)C. The van der Waals surface area contributed by atoms with E-state index in [0.29, 0.717) is 11.5 Å². The highest BCUT2D eigenvalue weighted by Gasteiger charge is 2.32. The fourth-order valence-corrected chi connectivity index (χ4v) is 3.56. The molecule has 1 saturated carbocycles. The molecule has 1 N–H and O–H groups in total. The molecule has 0 heterocycles. The topological polar surface area (TPSA) is 15.3 Å². The van der Waals surface area contributed by atoms with Gasteiger partial charge in [-0.15, -0.1) is 0 Å². The lowest BCUT2D eigenvalue weighted by molar-refractivity contribution is 0.139. The normalized spacial score (nSPS) is 28.9. The van der Waals surface area contributed by atoms with Crippen molar-refractivity contribution in [3.8, 4) is 0 Å². The van der Waals surface area contributed by atoms with Crippen molar-refractivity contribution in [2.24, 2.45) is 17.3 Å². The third kappa shape index (κ3) is 5.83. The highest BCUT2D eigenvalue weighted by molar-refractivity contribution is 4.87. The molecule has 1 aliphatic carbocycles. The van der Waals surface area contributed by atoms with Gasteiger partial charge in [0, 0.05) is 18.6 Å². The summed E-state index contributed by atoms with van der Waals surface area (Å²) in [7, 11) is 4.42. The van der Waals surface area contributed by atoms with E-state index in [-0.39, 0.29) is 0 Å². The van der Waals surface area contributed by atoms with Gasteiger partial charge in [-0.2, -0.15) is 0 Å². The van der Waals surface area contributed by atoms with E-state index in [1.54, 1.807) is 0 Å². The predicted molar refractivity (Wildman–Crippen MR) is 85.5 cm³/mol. The Morgan fingerprint density at radius 2 is 1.89 bits per heavy atom. The Kier molecular flexibility index (Phi) is 6.32. The van der Waals surface area contributed by atoms with Crippen molar-refractivity contribution < 1.29 is 0 Å². The van der Waals surface area contributed by atoms with Gasteiger partial charge in [0.15, 0.2) is 0 Å². The first-order valence-electron chi connectivity index (χ1n) is 8.11. The van der Waals surface area contributed by atoms with E-state index >= 15 is 0 Å². The Morgan fingerprint density at radius 1 is 1.26 bits per heavy atom. The summed E-state index contributed by atoms with van der Waals surface area (Å²) in [5.41, 5.74) is 0.552. The lowest BCUT2D eigenvalue weighted by Crippen LogP contribution is -2.47. The fourth-order valence-electron chi connectivity index (χ4n) is 3.56. The van der Waals surface area contributed by atoms with Gasteiger partial charge in [0.25, 0.3) is 0 Å². The minimum atomic E-state index is 0.552. The monoisotopic (exact) mass is 268 g/mol. The van der Waals surface area contributed by atoms with E-state index in [2.05, 4.69) is 58.9 Å². The zero-order valence-corrected chi connectivity index (χ0v) is 14.3. The summed E-state index contributed by atoms with van der Waals surface area (Å²) in [5.74, 6) is 1.59. The highest BCUT2D eigenvalue weighted by atomic mass is 15.1. The van der Waals surface area contributed by atoms with Crippen molar-refractivity contribution in [3.63, 3.8) is 0 Å². The Balaban J connectivity index is 2.42. The summed E-state index contributed by atoms with van der Waals surface area (Å²) >= 11 is 0. The van der Waals surface area contributed by atoms with Crippen LogP contribution in [0.25, 0.3) is 0 Å². The molecule has 19 heavy (non-hydrogen) atoms. The summed E-state index contributed by atoms with van der Waals surface area (Å²) in [6.07, 6.45) is 5.36. The van der Waals surface area contributed by atoms with Gasteiger partial charge in [0.1, 0.15) is 0 Å². The number of hydrogen-bond acceptors (Lipinski definition) is 2. The van der Waals surface area contributed by atoms with Gasteiger partial charge < -0.3 is 10.2 Å². The molecule has 0 spiro atoms. The van der Waals surface area contributed by atoms with Crippen LogP contribution in [-0.4, -0.2) is 37.6 Å². The Hall–Kier alpha value is -0.0800.